The quantitative estimate of drug-likeness (QED) is 0.614. The predicted molar refractivity (Wildman–Crippen MR) is 71.4 cm³/mol. The molecule has 0 N–H and O–H groups in total. The zero-order valence-electron chi connectivity index (χ0n) is 10.5. The van der Waals surface area contributed by atoms with E-state index in [1.165, 1.54) is 66.1 Å². The molecule has 0 amide bonds. The standard InChI is InChI=1S/2C8H11.Co/c2*1-2-4-6-8-7-5-3-1;/h2*1-2,7H,3-6H2;. The Balaban J connectivity index is 1.89. The van der Waals surface area contributed by atoms with E-state index in [2.05, 4.69) is 36.5 Å². The van der Waals surface area contributed by atoms with Gasteiger partial charge < -0.3 is 0 Å². The van der Waals surface area contributed by atoms with Gasteiger partial charge in [0.2, 0.25) is 0 Å². The average molecular weight is 273 g/mol. The second kappa shape index (κ2) is 7.73. The molecule has 2 aliphatic rings. The van der Waals surface area contributed by atoms with Crippen LogP contribution in [-0.4, -0.2) is 0 Å². The summed E-state index contributed by atoms with van der Waals surface area (Å²) in [5.41, 5.74) is 0. The second-order valence-electron chi connectivity index (χ2n) is 4.50. The topological polar surface area (TPSA) is 0 Å². The van der Waals surface area contributed by atoms with Crippen LogP contribution in [0.25, 0.3) is 0 Å². The molecule has 0 spiro atoms. The molecule has 0 atom stereocenters. The minimum atomic E-state index is 1.22. The number of hydrogen-bond donors (Lipinski definition) is 0. The van der Waals surface area contributed by atoms with Gasteiger partial charge in [0.1, 0.15) is 0 Å². The van der Waals surface area contributed by atoms with Gasteiger partial charge in [0, 0.05) is 0 Å². The van der Waals surface area contributed by atoms with Gasteiger partial charge in [-0.2, -0.15) is 0 Å². The maximum atomic E-state index is 2.47. The summed E-state index contributed by atoms with van der Waals surface area (Å²) in [5.74, 6) is 0. The van der Waals surface area contributed by atoms with Gasteiger partial charge in [-0.15, -0.1) is 0 Å². The van der Waals surface area contributed by atoms with Gasteiger partial charge in [-0.05, 0) is 0 Å². The first-order chi connectivity index (χ1) is 8.45. The molecule has 1 heteroatoms. The molecule has 0 heterocycles. The second-order valence-corrected chi connectivity index (χ2v) is 6.10. The minimum absolute atomic E-state index is 1.22. The third-order valence-electron chi connectivity index (χ3n) is 3.00. The summed E-state index contributed by atoms with van der Waals surface area (Å²) in [5, 5.41) is 0. The Hall–Kier alpha value is -0.534. The zero-order valence-corrected chi connectivity index (χ0v) is 11.5. The van der Waals surface area contributed by atoms with E-state index in [1.54, 1.807) is 9.02 Å². The van der Waals surface area contributed by atoms with Crippen molar-refractivity contribution in [3.05, 3.63) is 45.5 Å². The van der Waals surface area contributed by atoms with Crippen LogP contribution in [0.2, 0.25) is 0 Å². The van der Waals surface area contributed by atoms with Crippen LogP contribution in [0.5, 0.6) is 0 Å². The Bertz CT molecular complexity index is 311. The van der Waals surface area contributed by atoms with Crippen molar-refractivity contribution in [1.29, 1.82) is 0 Å². The third kappa shape index (κ3) is 5.09. The Kier molecular flexibility index (Phi) is 5.87. The van der Waals surface area contributed by atoms with Crippen molar-refractivity contribution in [2.75, 3.05) is 0 Å². The fourth-order valence-electron chi connectivity index (χ4n) is 2.05. The molecule has 0 bridgehead atoms. The summed E-state index contributed by atoms with van der Waals surface area (Å²) in [6, 6.07) is 0. The van der Waals surface area contributed by atoms with Crippen LogP contribution in [0.1, 0.15) is 51.4 Å². The van der Waals surface area contributed by atoms with Crippen molar-refractivity contribution in [1.82, 2.24) is 0 Å². The molecule has 0 aromatic carbocycles. The predicted octanol–water partition coefficient (Wildman–Crippen LogP) is 5.10. The van der Waals surface area contributed by atoms with Crippen LogP contribution in [0.3, 0.4) is 0 Å². The van der Waals surface area contributed by atoms with Crippen LogP contribution >= 0.6 is 0 Å². The molecule has 0 aliphatic heterocycles. The van der Waals surface area contributed by atoms with Gasteiger partial charge >= 0.3 is 112 Å². The van der Waals surface area contributed by atoms with Crippen LogP contribution < -0.4 is 0 Å². The molecule has 2 rings (SSSR count). The molecule has 0 saturated heterocycles. The maximum absolute atomic E-state index is 2.47. The van der Waals surface area contributed by atoms with E-state index in [-0.39, 0.29) is 0 Å². The molecule has 17 heavy (non-hydrogen) atoms. The summed E-state index contributed by atoms with van der Waals surface area (Å²) >= 11 is 1.54. The first kappa shape index (κ1) is 12.9. The van der Waals surface area contributed by atoms with Gasteiger partial charge in [0.15, 0.2) is 0 Å². The normalized spacial score (nSPS) is 22.1. The van der Waals surface area contributed by atoms with Gasteiger partial charge in [0.25, 0.3) is 0 Å². The summed E-state index contributed by atoms with van der Waals surface area (Å²) in [6.45, 7) is 0. The Morgan fingerprint density at radius 3 is 1.59 bits per heavy atom. The fourth-order valence-corrected chi connectivity index (χ4v) is 3.56. The molecule has 0 fully saturated rings. The molecule has 2 aliphatic carbocycles. The van der Waals surface area contributed by atoms with Crippen molar-refractivity contribution in [3.63, 3.8) is 0 Å². The van der Waals surface area contributed by atoms with Gasteiger partial charge in [-0.25, -0.2) is 0 Å². The third-order valence-corrected chi connectivity index (χ3v) is 4.62. The van der Waals surface area contributed by atoms with Crippen molar-refractivity contribution < 1.29 is 14.7 Å². The molecular weight excluding hydrogens is 251 g/mol. The van der Waals surface area contributed by atoms with Crippen molar-refractivity contribution in [3.8, 4) is 0 Å². The van der Waals surface area contributed by atoms with Crippen molar-refractivity contribution in [2.24, 2.45) is 0 Å². The van der Waals surface area contributed by atoms with Gasteiger partial charge in [-0.3, -0.25) is 0 Å². The molecule has 95 valence electrons. The SMILES string of the molecule is C1=CCC[C]([Co][C]2=CCCC=CCC2)=CCC1. The van der Waals surface area contributed by atoms with Crippen LogP contribution in [0, 0.1) is 0 Å². The summed E-state index contributed by atoms with van der Waals surface area (Å²) in [7, 11) is 0. The first-order valence-corrected chi connectivity index (χ1v) is 7.77. The molecule has 0 unspecified atom stereocenters. The summed E-state index contributed by atoms with van der Waals surface area (Å²) in [4.78, 5) is 0. The Morgan fingerprint density at radius 2 is 1.06 bits per heavy atom. The molecule has 0 aromatic heterocycles. The number of hydrogen-bond acceptors (Lipinski definition) is 0. The number of rotatable bonds is 2. The van der Waals surface area contributed by atoms with Crippen LogP contribution in [0.15, 0.2) is 45.5 Å². The monoisotopic (exact) mass is 273 g/mol. The molecule has 0 radical (unpaired) electrons. The summed E-state index contributed by atoms with van der Waals surface area (Å²) in [6.07, 6.45) is 24.1. The van der Waals surface area contributed by atoms with Crippen LogP contribution in [-0.2, 0) is 14.7 Å². The van der Waals surface area contributed by atoms with Gasteiger partial charge in [-0.1, -0.05) is 0 Å². The van der Waals surface area contributed by atoms with E-state index in [0.29, 0.717) is 0 Å². The van der Waals surface area contributed by atoms with E-state index < -0.39 is 0 Å². The van der Waals surface area contributed by atoms with Crippen molar-refractivity contribution >= 4 is 0 Å². The van der Waals surface area contributed by atoms with E-state index in [9.17, 15) is 0 Å². The first-order valence-electron chi connectivity index (χ1n) is 6.73. The molecule has 0 aromatic rings. The van der Waals surface area contributed by atoms with Crippen LogP contribution in [0.4, 0.5) is 0 Å². The molecular formula is C16H22Co. The van der Waals surface area contributed by atoms with E-state index in [4.69, 9.17) is 0 Å². The molecule has 0 saturated carbocycles. The van der Waals surface area contributed by atoms with E-state index in [1.807, 2.05) is 0 Å². The average Bonchev–Trinajstić information content (AvgIpc) is 2.24. The number of allylic oxidation sites excluding steroid dienone is 8. The zero-order chi connectivity index (χ0) is 11.8. The molecule has 0 nitrogen and oxygen atoms in total. The Morgan fingerprint density at radius 1 is 0.588 bits per heavy atom. The van der Waals surface area contributed by atoms with Gasteiger partial charge in [0.05, 0.1) is 0 Å². The van der Waals surface area contributed by atoms with Crippen molar-refractivity contribution in [2.45, 2.75) is 51.4 Å². The Labute approximate surface area is 112 Å². The summed E-state index contributed by atoms with van der Waals surface area (Å²) < 4.78 is 3.28. The van der Waals surface area contributed by atoms with E-state index in [0.717, 1.165) is 0 Å². The van der Waals surface area contributed by atoms with E-state index >= 15 is 0 Å². The fraction of sp³-hybridized carbons (Fsp3) is 0.500.